The molecule has 2 aromatic heterocycles. The van der Waals surface area contributed by atoms with E-state index in [9.17, 15) is 9.90 Å². The Kier molecular flexibility index (Phi) is 8.79. The van der Waals surface area contributed by atoms with Crippen LogP contribution >= 0.6 is 0 Å². The lowest BCUT2D eigenvalue weighted by molar-refractivity contribution is -0.142. The van der Waals surface area contributed by atoms with E-state index in [2.05, 4.69) is 35.2 Å². The van der Waals surface area contributed by atoms with Crippen molar-refractivity contribution >= 4 is 16.8 Å². The normalized spacial score (nSPS) is 15.6. The molecule has 0 aliphatic carbocycles. The van der Waals surface area contributed by atoms with Crippen LogP contribution in [0.3, 0.4) is 0 Å². The van der Waals surface area contributed by atoms with Crippen LogP contribution in [0, 0.1) is 0 Å². The molecular weight excluding hydrogens is 504 g/mol. The first-order chi connectivity index (χ1) is 19.4. The molecule has 0 bridgehead atoms. The number of hydrogen-bond acceptors (Lipinski definition) is 6. The van der Waals surface area contributed by atoms with Gasteiger partial charge in [0.1, 0.15) is 5.75 Å². The van der Waals surface area contributed by atoms with E-state index >= 15 is 0 Å². The highest BCUT2D eigenvalue weighted by atomic mass is 16.5. The third-order valence-corrected chi connectivity index (χ3v) is 7.37. The Hall–Kier alpha value is -3.72. The summed E-state index contributed by atoms with van der Waals surface area (Å²) in [4.78, 5) is 22.9. The van der Waals surface area contributed by atoms with Gasteiger partial charge in [-0.15, -0.1) is 0 Å². The molecule has 8 heteroatoms. The first-order valence-corrected chi connectivity index (χ1v) is 13.9. The Labute approximate surface area is 235 Å². The van der Waals surface area contributed by atoms with Crippen molar-refractivity contribution in [1.29, 1.82) is 0 Å². The number of rotatable bonds is 11. The van der Waals surface area contributed by atoms with Crippen molar-refractivity contribution in [1.82, 2.24) is 20.2 Å². The fraction of sp³-hybridized carbons (Fsp3) is 0.375. The molecule has 210 valence electrons. The lowest BCUT2D eigenvalue weighted by Gasteiger charge is -2.30. The SMILES string of the molecule is CC(C)(Cc1c[nH]c2c(O[C@H](Cc3ccccc3)C(=O)N3CCOCC3)cccc12)NC[C@H](O)c1cccnc1. The van der Waals surface area contributed by atoms with Gasteiger partial charge in [0.05, 0.1) is 24.8 Å². The number of nitrogens with zero attached hydrogens (tertiary/aromatic N) is 2. The van der Waals surface area contributed by atoms with Gasteiger partial charge in [0.2, 0.25) is 0 Å². The summed E-state index contributed by atoms with van der Waals surface area (Å²) in [6.45, 7) is 6.90. The second kappa shape index (κ2) is 12.6. The predicted molar refractivity (Wildman–Crippen MR) is 155 cm³/mol. The van der Waals surface area contributed by atoms with Gasteiger partial charge in [0.25, 0.3) is 5.91 Å². The first-order valence-electron chi connectivity index (χ1n) is 13.9. The number of H-pyrrole nitrogens is 1. The Bertz CT molecular complexity index is 1380. The number of benzene rings is 2. The molecule has 2 atom stereocenters. The maximum atomic E-state index is 13.6. The van der Waals surface area contributed by atoms with E-state index in [4.69, 9.17) is 9.47 Å². The third-order valence-electron chi connectivity index (χ3n) is 7.37. The molecule has 0 saturated carbocycles. The summed E-state index contributed by atoms with van der Waals surface area (Å²) in [6.07, 6.45) is 5.33. The maximum Gasteiger partial charge on any atom is 0.264 e. The number of aromatic nitrogens is 2. The number of carbonyl (C=O) groups is 1. The van der Waals surface area contributed by atoms with E-state index in [-0.39, 0.29) is 11.4 Å². The van der Waals surface area contributed by atoms with Gasteiger partial charge in [-0.05, 0) is 43.5 Å². The molecule has 1 aliphatic rings. The van der Waals surface area contributed by atoms with Gasteiger partial charge in [0.15, 0.2) is 6.10 Å². The summed E-state index contributed by atoms with van der Waals surface area (Å²) in [5.41, 5.74) is 3.56. The largest absolute Gasteiger partial charge is 0.478 e. The average molecular weight is 543 g/mol. The summed E-state index contributed by atoms with van der Waals surface area (Å²) in [7, 11) is 0. The second-order valence-corrected chi connectivity index (χ2v) is 11.0. The molecule has 8 nitrogen and oxygen atoms in total. The molecule has 5 rings (SSSR count). The molecule has 1 aliphatic heterocycles. The zero-order chi connectivity index (χ0) is 28.0. The summed E-state index contributed by atoms with van der Waals surface area (Å²) in [6, 6.07) is 19.7. The zero-order valence-electron chi connectivity index (χ0n) is 23.2. The third kappa shape index (κ3) is 6.88. The number of aliphatic hydroxyl groups excluding tert-OH is 1. The standard InChI is InChI=1S/C32H38N4O4/c1-32(2,35-22-27(37)24-10-7-13-33-20-24)19-25-21-34-30-26(25)11-6-12-28(30)40-29(18-23-8-4-3-5-9-23)31(38)36-14-16-39-17-15-36/h3-13,20-21,27,29,34-35,37H,14-19,22H2,1-2H3/t27-,29+/m0/s1. The fourth-order valence-electron chi connectivity index (χ4n) is 5.18. The minimum absolute atomic E-state index is 0.0200. The Balaban J connectivity index is 1.32. The smallest absolute Gasteiger partial charge is 0.264 e. The van der Waals surface area contributed by atoms with Crippen molar-refractivity contribution in [3.8, 4) is 5.75 Å². The maximum absolute atomic E-state index is 13.6. The van der Waals surface area contributed by atoms with Crippen LogP contribution in [-0.4, -0.2) is 70.4 Å². The van der Waals surface area contributed by atoms with Crippen LogP contribution in [0.25, 0.3) is 10.9 Å². The number of fused-ring (bicyclic) bond motifs is 1. The van der Waals surface area contributed by atoms with Crippen molar-refractivity contribution < 1.29 is 19.4 Å². The van der Waals surface area contributed by atoms with Crippen molar-refractivity contribution in [2.24, 2.45) is 0 Å². The van der Waals surface area contributed by atoms with Crippen LogP contribution in [0.2, 0.25) is 0 Å². The molecule has 1 saturated heterocycles. The monoisotopic (exact) mass is 542 g/mol. The molecule has 1 fully saturated rings. The number of β-amino-alcohol motifs (C(OH)–C–C–N with tert-alkyl or cyclic N) is 1. The topological polar surface area (TPSA) is 99.7 Å². The molecule has 0 unspecified atom stereocenters. The summed E-state index contributed by atoms with van der Waals surface area (Å²) in [5, 5.41) is 15.1. The number of carbonyl (C=O) groups excluding carboxylic acids is 1. The van der Waals surface area contributed by atoms with Crippen LogP contribution in [-0.2, 0) is 22.4 Å². The van der Waals surface area contributed by atoms with E-state index in [0.29, 0.717) is 45.0 Å². The summed E-state index contributed by atoms with van der Waals surface area (Å²) in [5.74, 6) is 0.637. The van der Waals surface area contributed by atoms with Gasteiger partial charge in [0, 0.05) is 61.1 Å². The molecule has 40 heavy (non-hydrogen) atoms. The second-order valence-electron chi connectivity index (χ2n) is 11.0. The Morgan fingerprint density at radius 2 is 1.93 bits per heavy atom. The fourth-order valence-corrected chi connectivity index (χ4v) is 5.18. The molecule has 4 aromatic rings. The van der Waals surface area contributed by atoms with Gasteiger partial charge < -0.3 is 29.8 Å². The molecular formula is C32H38N4O4. The van der Waals surface area contributed by atoms with Gasteiger partial charge in [-0.1, -0.05) is 48.5 Å². The molecule has 3 heterocycles. The lowest BCUT2D eigenvalue weighted by atomic mass is 9.94. The van der Waals surface area contributed by atoms with E-state index in [1.807, 2.05) is 65.7 Å². The van der Waals surface area contributed by atoms with E-state index < -0.39 is 12.2 Å². The highest BCUT2D eigenvalue weighted by molar-refractivity contribution is 5.89. The van der Waals surface area contributed by atoms with Crippen molar-refractivity contribution in [3.05, 3.63) is 95.9 Å². The highest BCUT2D eigenvalue weighted by Gasteiger charge is 2.29. The van der Waals surface area contributed by atoms with Crippen molar-refractivity contribution in [2.45, 2.75) is 44.4 Å². The first kappa shape index (κ1) is 27.8. The van der Waals surface area contributed by atoms with Crippen LogP contribution in [0.15, 0.2) is 79.3 Å². The molecule has 2 aromatic carbocycles. The number of pyridine rings is 1. The van der Waals surface area contributed by atoms with Gasteiger partial charge >= 0.3 is 0 Å². The number of nitrogens with one attached hydrogen (secondary N) is 2. The van der Waals surface area contributed by atoms with Crippen molar-refractivity contribution in [2.75, 3.05) is 32.8 Å². The number of ether oxygens (including phenoxy) is 2. The molecule has 1 amide bonds. The lowest BCUT2D eigenvalue weighted by Crippen LogP contribution is -2.48. The number of morpholine rings is 1. The Morgan fingerprint density at radius 1 is 1.12 bits per heavy atom. The predicted octanol–water partition coefficient (Wildman–Crippen LogP) is 4.06. The summed E-state index contributed by atoms with van der Waals surface area (Å²) >= 11 is 0. The van der Waals surface area contributed by atoms with Crippen molar-refractivity contribution in [3.63, 3.8) is 0 Å². The Morgan fingerprint density at radius 3 is 2.67 bits per heavy atom. The van der Waals surface area contributed by atoms with E-state index in [1.165, 1.54) is 0 Å². The number of aromatic amines is 1. The molecule has 0 spiro atoms. The van der Waals surface area contributed by atoms with Gasteiger partial charge in [-0.25, -0.2) is 0 Å². The highest BCUT2D eigenvalue weighted by Crippen LogP contribution is 2.31. The van der Waals surface area contributed by atoms with Gasteiger partial charge in [-0.3, -0.25) is 9.78 Å². The quantitative estimate of drug-likeness (QED) is 0.264. The molecule has 3 N–H and O–H groups in total. The van der Waals surface area contributed by atoms with E-state index in [0.717, 1.165) is 34.0 Å². The van der Waals surface area contributed by atoms with E-state index in [1.54, 1.807) is 12.4 Å². The van der Waals surface area contributed by atoms with Crippen LogP contribution in [0.1, 0.15) is 36.6 Å². The zero-order valence-corrected chi connectivity index (χ0v) is 23.2. The van der Waals surface area contributed by atoms with Crippen LogP contribution < -0.4 is 10.1 Å². The summed E-state index contributed by atoms with van der Waals surface area (Å²) < 4.78 is 12.0. The number of amides is 1. The number of hydrogen-bond donors (Lipinski definition) is 3. The number of aliphatic hydroxyl groups is 1. The number of para-hydroxylation sites is 1. The van der Waals surface area contributed by atoms with Crippen LogP contribution in [0.5, 0.6) is 5.75 Å². The van der Waals surface area contributed by atoms with Gasteiger partial charge in [-0.2, -0.15) is 0 Å². The average Bonchev–Trinajstić information content (AvgIpc) is 3.39. The minimum Gasteiger partial charge on any atom is -0.478 e. The minimum atomic E-state index is -0.648. The molecule has 0 radical (unpaired) electrons. The van der Waals surface area contributed by atoms with Crippen LogP contribution in [0.4, 0.5) is 0 Å².